The molecule has 1 atom stereocenters. The molecule has 2 aliphatic rings. The Kier molecular flexibility index (Phi) is 5.87. The molecule has 4 heterocycles. The molecule has 2 fully saturated rings. The lowest BCUT2D eigenvalue weighted by atomic mass is 9.97. The van der Waals surface area contributed by atoms with E-state index in [0.29, 0.717) is 17.5 Å². The molecule has 154 valence electrons. The molecule has 0 saturated carbocycles. The molecule has 29 heavy (non-hydrogen) atoms. The van der Waals surface area contributed by atoms with E-state index >= 15 is 0 Å². The maximum absolute atomic E-state index is 12.9. The van der Waals surface area contributed by atoms with Crippen molar-refractivity contribution >= 4 is 34.9 Å². The summed E-state index contributed by atoms with van der Waals surface area (Å²) in [4.78, 5) is 43.0. The average molecular weight is 432 g/mol. The van der Waals surface area contributed by atoms with E-state index in [9.17, 15) is 9.59 Å². The maximum Gasteiger partial charge on any atom is 0.246 e. The van der Waals surface area contributed by atoms with Gasteiger partial charge in [0.25, 0.3) is 0 Å². The summed E-state index contributed by atoms with van der Waals surface area (Å²) in [5.41, 5.74) is 1.93. The average Bonchev–Trinajstić information content (AvgIpc) is 3.34. The number of thioether (sulfide) groups is 1. The van der Waals surface area contributed by atoms with Crippen molar-refractivity contribution in [2.24, 2.45) is 0 Å². The van der Waals surface area contributed by atoms with Crippen LogP contribution in [0.3, 0.4) is 0 Å². The number of rotatable bonds is 3. The first-order valence-corrected chi connectivity index (χ1v) is 11.8. The minimum absolute atomic E-state index is 0.0195. The third kappa shape index (κ3) is 4.16. The van der Waals surface area contributed by atoms with E-state index in [1.807, 2.05) is 24.8 Å². The van der Waals surface area contributed by atoms with Crippen LogP contribution in [0.2, 0.25) is 0 Å². The van der Waals surface area contributed by atoms with Gasteiger partial charge in [-0.05, 0) is 32.8 Å². The normalized spacial score (nSPS) is 20.3. The molecule has 0 bridgehead atoms. The molecule has 2 aromatic rings. The van der Waals surface area contributed by atoms with E-state index in [0.717, 1.165) is 53.0 Å². The number of aryl methyl sites for hydroxylation is 2. The number of carbonyl (C=O) groups is 2. The SMILES string of the molecule is CC(=O)N1CSC[C@@H]1C(=O)N1CCC(c2nc(C)c(-c3ccnc(C)n3)s2)CC1. The van der Waals surface area contributed by atoms with Gasteiger partial charge >= 0.3 is 0 Å². The van der Waals surface area contributed by atoms with Crippen molar-refractivity contribution in [1.29, 1.82) is 0 Å². The molecule has 2 aromatic heterocycles. The standard InChI is InChI=1S/C20H25N5O2S2/c1-12-18(16-4-7-21-13(2)23-16)29-19(22-12)15-5-8-24(9-6-15)20(27)17-10-28-11-25(17)14(3)26/h4,7,15,17H,5-6,8-11H2,1-3H3/t17-/m1/s1. The Bertz CT molecular complexity index is 923. The number of amides is 2. The van der Waals surface area contributed by atoms with Crippen LogP contribution in [-0.2, 0) is 9.59 Å². The van der Waals surface area contributed by atoms with Crippen LogP contribution in [0.25, 0.3) is 10.6 Å². The van der Waals surface area contributed by atoms with Crippen LogP contribution in [0.15, 0.2) is 12.3 Å². The lowest BCUT2D eigenvalue weighted by Gasteiger charge is -2.34. The van der Waals surface area contributed by atoms with E-state index in [1.165, 1.54) is 0 Å². The Hall–Kier alpha value is -2.00. The fourth-order valence-electron chi connectivity index (χ4n) is 3.93. The quantitative estimate of drug-likeness (QED) is 0.744. The second-order valence-corrected chi connectivity index (χ2v) is 9.59. The monoisotopic (exact) mass is 431 g/mol. The second kappa shape index (κ2) is 8.39. The summed E-state index contributed by atoms with van der Waals surface area (Å²) in [5.74, 6) is 2.51. The van der Waals surface area contributed by atoms with Crippen LogP contribution in [0.1, 0.15) is 42.2 Å². The first kappa shape index (κ1) is 20.3. The summed E-state index contributed by atoms with van der Waals surface area (Å²) in [7, 11) is 0. The lowest BCUT2D eigenvalue weighted by molar-refractivity contribution is -0.143. The predicted octanol–water partition coefficient (Wildman–Crippen LogP) is 2.84. The maximum atomic E-state index is 12.9. The van der Waals surface area contributed by atoms with Crippen molar-refractivity contribution in [2.75, 3.05) is 24.7 Å². The fraction of sp³-hybridized carbons (Fsp3) is 0.550. The zero-order valence-corrected chi connectivity index (χ0v) is 18.6. The summed E-state index contributed by atoms with van der Waals surface area (Å²) in [6.45, 7) is 6.90. The van der Waals surface area contributed by atoms with Gasteiger partial charge in [0.1, 0.15) is 11.9 Å². The largest absolute Gasteiger partial charge is 0.341 e. The highest BCUT2D eigenvalue weighted by Crippen LogP contribution is 2.37. The summed E-state index contributed by atoms with van der Waals surface area (Å²) in [5, 5.41) is 1.13. The molecule has 0 aliphatic carbocycles. The van der Waals surface area contributed by atoms with Crippen LogP contribution in [0.5, 0.6) is 0 Å². The van der Waals surface area contributed by atoms with Crippen molar-refractivity contribution in [3.63, 3.8) is 0 Å². The molecule has 0 unspecified atom stereocenters. The molecule has 0 spiro atoms. The molecular weight excluding hydrogens is 406 g/mol. The number of aromatic nitrogens is 3. The number of likely N-dealkylation sites (tertiary alicyclic amines) is 1. The van der Waals surface area contributed by atoms with Crippen molar-refractivity contribution in [1.82, 2.24) is 24.8 Å². The van der Waals surface area contributed by atoms with Gasteiger partial charge < -0.3 is 9.80 Å². The zero-order chi connectivity index (χ0) is 20.5. The van der Waals surface area contributed by atoms with Gasteiger partial charge in [-0.15, -0.1) is 23.1 Å². The molecule has 2 saturated heterocycles. The minimum Gasteiger partial charge on any atom is -0.341 e. The van der Waals surface area contributed by atoms with Gasteiger partial charge in [0.2, 0.25) is 11.8 Å². The Morgan fingerprint density at radius 3 is 2.62 bits per heavy atom. The van der Waals surface area contributed by atoms with Gasteiger partial charge in [-0.2, -0.15) is 0 Å². The van der Waals surface area contributed by atoms with E-state index in [2.05, 4.69) is 9.97 Å². The van der Waals surface area contributed by atoms with Gasteiger partial charge in [0.05, 0.1) is 27.1 Å². The van der Waals surface area contributed by atoms with Crippen molar-refractivity contribution in [2.45, 2.75) is 45.6 Å². The molecule has 2 amide bonds. The predicted molar refractivity (Wildman–Crippen MR) is 115 cm³/mol. The molecule has 7 nitrogen and oxygen atoms in total. The van der Waals surface area contributed by atoms with Gasteiger partial charge in [0.15, 0.2) is 0 Å². The zero-order valence-electron chi connectivity index (χ0n) is 16.9. The van der Waals surface area contributed by atoms with Crippen LogP contribution >= 0.6 is 23.1 Å². The molecule has 0 N–H and O–H groups in total. The van der Waals surface area contributed by atoms with Gasteiger partial charge in [-0.3, -0.25) is 9.59 Å². The van der Waals surface area contributed by atoms with Crippen LogP contribution in [-0.4, -0.2) is 67.3 Å². The number of nitrogens with zero attached hydrogens (tertiary/aromatic N) is 5. The number of hydrogen-bond donors (Lipinski definition) is 0. The topological polar surface area (TPSA) is 79.3 Å². The van der Waals surface area contributed by atoms with Gasteiger partial charge in [0, 0.05) is 37.9 Å². The number of carbonyl (C=O) groups excluding carboxylic acids is 2. The summed E-state index contributed by atoms with van der Waals surface area (Å²) in [6, 6.07) is 1.63. The summed E-state index contributed by atoms with van der Waals surface area (Å²) in [6.07, 6.45) is 3.59. The Morgan fingerprint density at radius 2 is 1.93 bits per heavy atom. The number of hydrogen-bond acceptors (Lipinski definition) is 7. The molecule has 9 heteroatoms. The number of thiazole rings is 1. The second-order valence-electron chi connectivity index (χ2n) is 7.56. The smallest absolute Gasteiger partial charge is 0.246 e. The van der Waals surface area contributed by atoms with E-state index in [4.69, 9.17) is 4.98 Å². The third-order valence-electron chi connectivity index (χ3n) is 5.55. The van der Waals surface area contributed by atoms with E-state index in [1.54, 1.807) is 41.1 Å². The highest BCUT2D eigenvalue weighted by Gasteiger charge is 2.37. The highest BCUT2D eigenvalue weighted by atomic mass is 32.2. The first-order chi connectivity index (χ1) is 13.9. The third-order valence-corrected chi connectivity index (χ3v) is 7.90. The molecule has 2 aliphatic heterocycles. The molecular formula is C20H25N5O2S2. The van der Waals surface area contributed by atoms with Crippen LogP contribution in [0.4, 0.5) is 0 Å². The van der Waals surface area contributed by atoms with Gasteiger partial charge in [-0.25, -0.2) is 15.0 Å². The van der Waals surface area contributed by atoms with Gasteiger partial charge in [-0.1, -0.05) is 0 Å². The van der Waals surface area contributed by atoms with Crippen LogP contribution < -0.4 is 0 Å². The Labute approximate surface area is 178 Å². The molecule has 0 radical (unpaired) electrons. The Morgan fingerprint density at radius 1 is 1.17 bits per heavy atom. The lowest BCUT2D eigenvalue weighted by Crippen LogP contribution is -2.50. The summed E-state index contributed by atoms with van der Waals surface area (Å²) < 4.78 is 0. The highest BCUT2D eigenvalue weighted by molar-refractivity contribution is 7.99. The first-order valence-electron chi connectivity index (χ1n) is 9.85. The minimum atomic E-state index is -0.302. The number of piperidine rings is 1. The van der Waals surface area contributed by atoms with Crippen molar-refractivity contribution in [3.8, 4) is 10.6 Å². The fourth-order valence-corrected chi connectivity index (χ4v) is 6.34. The molecule has 0 aromatic carbocycles. The van der Waals surface area contributed by atoms with Crippen molar-refractivity contribution < 1.29 is 9.59 Å². The van der Waals surface area contributed by atoms with Crippen molar-refractivity contribution in [3.05, 3.63) is 28.8 Å². The Balaban J connectivity index is 1.42. The van der Waals surface area contributed by atoms with E-state index < -0.39 is 0 Å². The van der Waals surface area contributed by atoms with Crippen LogP contribution in [0, 0.1) is 13.8 Å². The summed E-state index contributed by atoms with van der Waals surface area (Å²) >= 11 is 3.36. The molecule has 4 rings (SSSR count). The van der Waals surface area contributed by atoms with E-state index in [-0.39, 0.29) is 17.9 Å².